The van der Waals surface area contributed by atoms with Crippen LogP contribution in [0.2, 0.25) is 0 Å². The summed E-state index contributed by atoms with van der Waals surface area (Å²) >= 11 is 0. The molecule has 0 spiro atoms. The van der Waals surface area contributed by atoms with Crippen LogP contribution in [-0.4, -0.2) is 30.0 Å². The highest BCUT2D eigenvalue weighted by Gasteiger charge is 2.33. The topological polar surface area (TPSA) is 75.3 Å². The maximum Gasteiger partial charge on any atom is 0.247 e. The molecule has 0 bridgehead atoms. The maximum absolute atomic E-state index is 13.4. The minimum Gasteiger partial charge on any atom is -0.495 e. The number of sulfonamides is 1. The van der Waals surface area contributed by atoms with Crippen molar-refractivity contribution in [3.05, 3.63) is 65.7 Å². The van der Waals surface area contributed by atoms with Crippen LogP contribution in [-0.2, 0) is 23.1 Å². The van der Waals surface area contributed by atoms with Gasteiger partial charge in [0, 0.05) is 24.8 Å². The third-order valence-corrected chi connectivity index (χ3v) is 6.31. The maximum atomic E-state index is 13.4. The first-order valence-corrected chi connectivity index (χ1v) is 9.37. The van der Waals surface area contributed by atoms with Crippen molar-refractivity contribution in [2.45, 2.75) is 18.0 Å². The van der Waals surface area contributed by atoms with Gasteiger partial charge in [-0.15, -0.1) is 0 Å². The van der Waals surface area contributed by atoms with Crippen molar-refractivity contribution in [1.82, 2.24) is 14.5 Å². The van der Waals surface area contributed by atoms with Crippen LogP contribution in [0.1, 0.15) is 11.1 Å². The van der Waals surface area contributed by atoms with Crippen molar-refractivity contribution < 1.29 is 17.5 Å². The number of nitrogens with one attached hydrogen (secondary N) is 1. The van der Waals surface area contributed by atoms with Gasteiger partial charge >= 0.3 is 0 Å². The molecule has 2 heterocycles. The summed E-state index contributed by atoms with van der Waals surface area (Å²) in [4.78, 5) is 0.0838. The lowest BCUT2D eigenvalue weighted by atomic mass is 10.1. The summed E-state index contributed by atoms with van der Waals surface area (Å²) in [6, 6.07) is 9.25. The van der Waals surface area contributed by atoms with E-state index in [9.17, 15) is 12.8 Å². The first-order valence-electron chi connectivity index (χ1n) is 7.93. The second-order valence-corrected chi connectivity index (χ2v) is 7.95. The van der Waals surface area contributed by atoms with Gasteiger partial charge in [0.25, 0.3) is 0 Å². The lowest BCUT2D eigenvalue weighted by Crippen LogP contribution is -2.26. The summed E-state index contributed by atoms with van der Waals surface area (Å²) < 4.78 is 46.3. The van der Waals surface area contributed by atoms with Gasteiger partial charge in [0.05, 0.1) is 13.3 Å². The minimum atomic E-state index is -3.79. The number of methoxy groups -OCH3 is 1. The molecule has 1 aromatic heterocycles. The molecule has 0 saturated heterocycles. The molecule has 1 aliphatic rings. The average molecular weight is 373 g/mol. The predicted molar refractivity (Wildman–Crippen MR) is 93.4 cm³/mol. The molecule has 134 valence electrons. The molecular weight excluding hydrogens is 357 g/mol. The molecule has 8 heteroatoms. The summed E-state index contributed by atoms with van der Waals surface area (Å²) in [5, 5.41) is 6.62. The molecule has 0 unspecified atom stereocenters. The molecule has 0 aliphatic carbocycles. The average Bonchev–Trinajstić information content (AvgIpc) is 3.30. The van der Waals surface area contributed by atoms with Crippen LogP contribution in [0.4, 0.5) is 4.39 Å². The zero-order valence-electron chi connectivity index (χ0n) is 13.9. The SMILES string of the molecule is COc1cc(-c2cn[nH]c2)ccc1S(=O)(=O)N1Cc2ccc(F)cc2C1. The molecular formula is C18H16FN3O3S. The second-order valence-electron chi connectivity index (χ2n) is 6.04. The lowest BCUT2D eigenvalue weighted by Gasteiger charge is -2.18. The van der Waals surface area contributed by atoms with Crippen LogP contribution >= 0.6 is 0 Å². The number of ether oxygens (including phenoxy) is 1. The van der Waals surface area contributed by atoms with Gasteiger partial charge < -0.3 is 4.74 Å². The van der Waals surface area contributed by atoms with E-state index >= 15 is 0 Å². The van der Waals surface area contributed by atoms with E-state index in [0.29, 0.717) is 5.56 Å². The molecule has 0 saturated carbocycles. The largest absolute Gasteiger partial charge is 0.495 e. The van der Waals surface area contributed by atoms with Gasteiger partial charge in [-0.25, -0.2) is 12.8 Å². The Kier molecular flexibility index (Phi) is 4.01. The van der Waals surface area contributed by atoms with Crippen LogP contribution in [0.5, 0.6) is 5.75 Å². The summed E-state index contributed by atoms with van der Waals surface area (Å²) in [7, 11) is -2.35. The molecule has 1 N–H and O–H groups in total. The Morgan fingerprint density at radius 3 is 2.65 bits per heavy atom. The second kappa shape index (κ2) is 6.22. The highest BCUT2D eigenvalue weighted by Crippen LogP contribution is 2.35. The van der Waals surface area contributed by atoms with Crippen LogP contribution < -0.4 is 4.74 Å². The first-order chi connectivity index (χ1) is 12.5. The highest BCUT2D eigenvalue weighted by molar-refractivity contribution is 7.89. The van der Waals surface area contributed by atoms with Crippen molar-refractivity contribution in [1.29, 1.82) is 0 Å². The van der Waals surface area contributed by atoms with E-state index in [1.54, 1.807) is 30.6 Å². The first kappa shape index (κ1) is 16.7. The third-order valence-electron chi connectivity index (χ3n) is 4.47. The number of nitrogens with zero attached hydrogens (tertiary/aromatic N) is 2. The number of aromatic amines is 1. The van der Waals surface area contributed by atoms with Crippen LogP contribution in [0.15, 0.2) is 53.7 Å². The number of hydrogen-bond acceptors (Lipinski definition) is 4. The summed E-state index contributed by atoms with van der Waals surface area (Å²) in [6.07, 6.45) is 3.36. The number of benzene rings is 2. The van der Waals surface area contributed by atoms with Gasteiger partial charge in [0.1, 0.15) is 16.5 Å². The van der Waals surface area contributed by atoms with E-state index in [1.807, 2.05) is 0 Å². The predicted octanol–water partition coefficient (Wildman–Crippen LogP) is 2.93. The molecule has 1 aliphatic heterocycles. The molecule has 4 rings (SSSR count). The minimum absolute atomic E-state index is 0.0838. The Hall–Kier alpha value is -2.71. The van der Waals surface area contributed by atoms with Crippen molar-refractivity contribution in [2.24, 2.45) is 0 Å². The highest BCUT2D eigenvalue weighted by atomic mass is 32.2. The Balaban J connectivity index is 1.70. The monoisotopic (exact) mass is 373 g/mol. The van der Waals surface area contributed by atoms with Crippen molar-refractivity contribution >= 4 is 10.0 Å². The van der Waals surface area contributed by atoms with Gasteiger partial charge in [-0.3, -0.25) is 5.10 Å². The van der Waals surface area contributed by atoms with Gasteiger partial charge in [0.2, 0.25) is 10.0 Å². The number of halogens is 1. The Morgan fingerprint density at radius 1 is 1.12 bits per heavy atom. The molecule has 0 radical (unpaired) electrons. The molecule has 0 atom stereocenters. The van der Waals surface area contributed by atoms with Crippen LogP contribution in [0.25, 0.3) is 11.1 Å². The summed E-state index contributed by atoms with van der Waals surface area (Å²) in [6.45, 7) is 0.354. The van der Waals surface area contributed by atoms with Gasteiger partial charge in [0.15, 0.2) is 0 Å². The van der Waals surface area contributed by atoms with Crippen LogP contribution in [0, 0.1) is 5.82 Å². The number of fused-ring (bicyclic) bond motifs is 1. The smallest absolute Gasteiger partial charge is 0.247 e. The number of H-pyrrole nitrogens is 1. The van der Waals surface area contributed by atoms with Crippen molar-refractivity contribution in [3.63, 3.8) is 0 Å². The van der Waals surface area contributed by atoms with E-state index in [2.05, 4.69) is 10.2 Å². The molecule has 0 amide bonds. The van der Waals surface area contributed by atoms with E-state index in [1.165, 1.54) is 29.6 Å². The fraction of sp³-hybridized carbons (Fsp3) is 0.167. The van der Waals surface area contributed by atoms with E-state index < -0.39 is 10.0 Å². The standard InChI is InChI=1S/C18H16FN3O3S/c1-25-17-7-12(15-8-20-21-9-15)3-5-18(17)26(23,24)22-10-13-2-4-16(19)6-14(13)11-22/h2-9H,10-11H2,1H3,(H,20,21). The zero-order chi connectivity index (χ0) is 18.3. The van der Waals surface area contributed by atoms with Crippen molar-refractivity contribution in [3.8, 4) is 16.9 Å². The van der Waals surface area contributed by atoms with Gasteiger partial charge in [-0.2, -0.15) is 9.40 Å². The quantitative estimate of drug-likeness (QED) is 0.763. The Morgan fingerprint density at radius 2 is 1.92 bits per heavy atom. The van der Waals surface area contributed by atoms with Gasteiger partial charge in [-0.1, -0.05) is 12.1 Å². The molecule has 0 fully saturated rings. The molecule has 2 aromatic carbocycles. The molecule has 6 nitrogen and oxygen atoms in total. The molecule has 26 heavy (non-hydrogen) atoms. The fourth-order valence-corrected chi connectivity index (χ4v) is 4.64. The fourth-order valence-electron chi connectivity index (χ4n) is 3.11. The Bertz CT molecular complexity index is 1070. The lowest BCUT2D eigenvalue weighted by molar-refractivity contribution is 0.393. The number of aromatic nitrogens is 2. The molecule has 3 aromatic rings. The van der Waals surface area contributed by atoms with Crippen molar-refractivity contribution in [2.75, 3.05) is 7.11 Å². The zero-order valence-corrected chi connectivity index (χ0v) is 14.8. The van der Waals surface area contributed by atoms with Gasteiger partial charge in [-0.05, 0) is 41.0 Å². The number of rotatable bonds is 4. The van der Waals surface area contributed by atoms with E-state index in [4.69, 9.17) is 4.74 Å². The number of hydrogen-bond donors (Lipinski definition) is 1. The third kappa shape index (κ3) is 2.77. The van der Waals surface area contributed by atoms with E-state index in [0.717, 1.165) is 16.7 Å². The normalized spacial score (nSPS) is 14.4. The van der Waals surface area contributed by atoms with Crippen LogP contribution in [0.3, 0.4) is 0 Å². The summed E-state index contributed by atoms with van der Waals surface area (Å²) in [5.41, 5.74) is 3.11. The summed E-state index contributed by atoms with van der Waals surface area (Å²) in [5.74, 6) is -0.115. The Labute approximate surface area is 150 Å². The van der Waals surface area contributed by atoms with E-state index in [-0.39, 0.29) is 29.6 Å².